The lowest BCUT2D eigenvalue weighted by atomic mass is 10.1. The van der Waals surface area contributed by atoms with Gasteiger partial charge in [0.1, 0.15) is 0 Å². The van der Waals surface area contributed by atoms with Crippen molar-refractivity contribution in [3.8, 4) is 0 Å². The molecular weight excluding hydrogens is 480 g/mol. The number of morpholine rings is 1. The molecule has 0 bridgehead atoms. The van der Waals surface area contributed by atoms with E-state index in [-0.39, 0.29) is 25.4 Å². The maximum atomic E-state index is 13.5. The first kappa shape index (κ1) is 23.9. The van der Waals surface area contributed by atoms with Crippen molar-refractivity contribution in [3.63, 3.8) is 0 Å². The molecule has 0 aromatic heterocycles. The minimum Gasteiger partial charge on any atom is -0.435 e. The maximum Gasteiger partial charge on any atom is 0.426 e. The number of carbonyl (C=O) groups is 1. The zero-order valence-corrected chi connectivity index (χ0v) is 18.2. The fourth-order valence-electron chi connectivity index (χ4n) is 3.08. The van der Waals surface area contributed by atoms with Crippen molar-refractivity contribution in [3.05, 3.63) is 63.1 Å². The van der Waals surface area contributed by atoms with Gasteiger partial charge >= 0.3 is 12.3 Å². The Morgan fingerprint density at radius 2 is 1.77 bits per heavy atom. The van der Waals surface area contributed by atoms with Gasteiger partial charge < -0.3 is 9.47 Å². The van der Waals surface area contributed by atoms with Crippen LogP contribution < -0.4 is 5.32 Å². The number of anilines is 1. The molecule has 1 heterocycles. The molecule has 0 saturated carbocycles. The van der Waals surface area contributed by atoms with E-state index in [0.29, 0.717) is 20.6 Å². The highest BCUT2D eigenvalue weighted by Gasteiger charge is 2.44. The molecule has 5 nitrogen and oxygen atoms in total. The topological polar surface area (TPSA) is 50.8 Å². The second kappa shape index (κ2) is 10.3. The lowest BCUT2D eigenvalue weighted by Crippen LogP contribution is -2.48. The summed E-state index contributed by atoms with van der Waals surface area (Å²) in [7, 11) is 0. The molecule has 2 unspecified atom stereocenters. The highest BCUT2D eigenvalue weighted by molar-refractivity contribution is 6.34. The average Bonchev–Trinajstić information content (AvgIpc) is 2.68. The largest absolute Gasteiger partial charge is 0.435 e. The standard InChI is InChI=1S/C20H18Cl3F3N2O3/c21-13-1-3-16(4-2-13)27-19(29)31-18(20(24,25)26)11-28-5-6-30-17(10-28)12-7-14(22)9-15(23)8-12/h1-4,7-9,17-18H,5-6,10-11H2,(H,27,29). The van der Waals surface area contributed by atoms with Crippen molar-refractivity contribution in [1.29, 1.82) is 0 Å². The van der Waals surface area contributed by atoms with Crippen LogP contribution in [0.1, 0.15) is 11.7 Å². The minimum absolute atomic E-state index is 0.158. The highest BCUT2D eigenvalue weighted by Crippen LogP contribution is 2.30. The second-order valence-corrected chi connectivity index (χ2v) is 8.20. The van der Waals surface area contributed by atoms with Crippen molar-refractivity contribution in [2.75, 3.05) is 31.6 Å². The van der Waals surface area contributed by atoms with Crippen LogP contribution in [0, 0.1) is 0 Å². The Bertz CT molecular complexity index is 893. The Morgan fingerprint density at radius 1 is 1.13 bits per heavy atom. The molecule has 1 N–H and O–H groups in total. The van der Waals surface area contributed by atoms with E-state index in [1.54, 1.807) is 18.2 Å². The number of halogens is 6. The molecule has 1 amide bonds. The van der Waals surface area contributed by atoms with Gasteiger partial charge in [-0.25, -0.2) is 4.79 Å². The molecule has 1 saturated heterocycles. The monoisotopic (exact) mass is 496 g/mol. The third-order valence-electron chi connectivity index (χ3n) is 4.54. The van der Waals surface area contributed by atoms with E-state index < -0.39 is 31.0 Å². The molecule has 1 aliphatic heterocycles. The van der Waals surface area contributed by atoms with Gasteiger partial charge in [0.25, 0.3) is 0 Å². The smallest absolute Gasteiger partial charge is 0.426 e. The summed E-state index contributed by atoms with van der Waals surface area (Å²) < 4.78 is 51.0. The third-order valence-corrected chi connectivity index (χ3v) is 5.22. The molecule has 11 heteroatoms. The Labute approximate surface area is 192 Å². The number of nitrogens with one attached hydrogen (secondary N) is 1. The SMILES string of the molecule is O=C(Nc1ccc(Cl)cc1)OC(CN1CCOC(c2cc(Cl)cc(Cl)c2)C1)C(F)(F)F. The van der Waals surface area contributed by atoms with Crippen LogP contribution in [-0.4, -0.2) is 49.5 Å². The van der Waals surface area contributed by atoms with Gasteiger partial charge in [-0.1, -0.05) is 34.8 Å². The van der Waals surface area contributed by atoms with Gasteiger partial charge in [-0.05, 0) is 48.0 Å². The van der Waals surface area contributed by atoms with Crippen LogP contribution in [0.3, 0.4) is 0 Å². The Kier molecular flexibility index (Phi) is 7.93. The van der Waals surface area contributed by atoms with E-state index in [0.717, 1.165) is 0 Å². The first-order valence-corrected chi connectivity index (χ1v) is 10.3. The number of amides is 1. The molecule has 1 aliphatic rings. The van der Waals surface area contributed by atoms with Gasteiger partial charge in [-0.2, -0.15) is 13.2 Å². The first-order chi connectivity index (χ1) is 14.6. The summed E-state index contributed by atoms with van der Waals surface area (Å²) in [5.41, 5.74) is 0.923. The molecule has 2 aromatic carbocycles. The van der Waals surface area contributed by atoms with Crippen LogP contribution in [0.25, 0.3) is 0 Å². The molecular formula is C20H18Cl3F3N2O3. The fraction of sp³-hybridized carbons (Fsp3) is 0.350. The zero-order valence-electron chi connectivity index (χ0n) is 16.0. The second-order valence-electron chi connectivity index (χ2n) is 6.89. The molecule has 31 heavy (non-hydrogen) atoms. The highest BCUT2D eigenvalue weighted by atomic mass is 35.5. The number of rotatable bonds is 5. The van der Waals surface area contributed by atoms with Crippen molar-refractivity contribution < 1.29 is 27.4 Å². The van der Waals surface area contributed by atoms with Gasteiger partial charge in [-0.15, -0.1) is 0 Å². The molecule has 3 rings (SSSR count). The van der Waals surface area contributed by atoms with Crippen LogP contribution in [-0.2, 0) is 9.47 Å². The Morgan fingerprint density at radius 3 is 2.39 bits per heavy atom. The molecule has 1 fully saturated rings. The fourth-order valence-corrected chi connectivity index (χ4v) is 3.75. The lowest BCUT2D eigenvalue weighted by molar-refractivity contribution is -0.209. The van der Waals surface area contributed by atoms with Gasteiger partial charge in [0.2, 0.25) is 6.10 Å². The lowest BCUT2D eigenvalue weighted by Gasteiger charge is -2.35. The maximum absolute atomic E-state index is 13.5. The van der Waals surface area contributed by atoms with E-state index in [2.05, 4.69) is 5.32 Å². The Hall–Kier alpha value is -1.71. The van der Waals surface area contributed by atoms with Crippen molar-refractivity contribution in [2.45, 2.75) is 18.4 Å². The minimum atomic E-state index is -4.75. The van der Waals surface area contributed by atoms with Crippen LogP contribution in [0.15, 0.2) is 42.5 Å². The summed E-state index contributed by atoms with van der Waals surface area (Å²) in [6, 6.07) is 10.8. The van der Waals surface area contributed by atoms with Crippen LogP contribution in [0.5, 0.6) is 0 Å². The quantitative estimate of drug-likeness (QED) is 0.534. The number of hydrogen-bond acceptors (Lipinski definition) is 4. The number of nitrogens with zero attached hydrogens (tertiary/aromatic N) is 1. The summed E-state index contributed by atoms with van der Waals surface area (Å²) in [5, 5.41) is 3.49. The van der Waals surface area contributed by atoms with Crippen molar-refractivity contribution in [1.82, 2.24) is 4.90 Å². The predicted octanol–water partition coefficient (Wildman–Crippen LogP) is 6.20. The summed E-state index contributed by atoms with van der Waals surface area (Å²) in [6.45, 7) is 0.0764. The summed E-state index contributed by atoms with van der Waals surface area (Å²) >= 11 is 17.8. The molecule has 168 valence electrons. The van der Waals surface area contributed by atoms with Gasteiger partial charge in [-0.3, -0.25) is 10.2 Å². The van der Waals surface area contributed by atoms with Crippen molar-refractivity contribution >= 4 is 46.6 Å². The number of carbonyl (C=O) groups excluding carboxylic acids is 1. The third kappa shape index (κ3) is 7.15. The molecule has 0 spiro atoms. The van der Waals surface area contributed by atoms with E-state index >= 15 is 0 Å². The van der Waals surface area contributed by atoms with Crippen LogP contribution in [0.2, 0.25) is 15.1 Å². The number of alkyl halides is 3. The predicted molar refractivity (Wildman–Crippen MR) is 113 cm³/mol. The first-order valence-electron chi connectivity index (χ1n) is 9.20. The van der Waals surface area contributed by atoms with Crippen LogP contribution >= 0.6 is 34.8 Å². The number of ether oxygens (including phenoxy) is 2. The van der Waals surface area contributed by atoms with Gasteiger partial charge in [0.15, 0.2) is 0 Å². The van der Waals surface area contributed by atoms with Crippen LogP contribution in [0.4, 0.5) is 23.7 Å². The zero-order chi connectivity index (χ0) is 22.6. The molecule has 0 aliphatic carbocycles. The molecule has 2 aromatic rings. The summed E-state index contributed by atoms with van der Waals surface area (Å²) in [4.78, 5) is 13.5. The van der Waals surface area contributed by atoms with Crippen molar-refractivity contribution in [2.24, 2.45) is 0 Å². The average molecular weight is 498 g/mol. The van der Waals surface area contributed by atoms with Gasteiger partial charge in [0, 0.05) is 40.4 Å². The van der Waals surface area contributed by atoms with E-state index in [1.165, 1.54) is 29.2 Å². The van der Waals surface area contributed by atoms with E-state index in [1.807, 2.05) is 0 Å². The summed E-state index contributed by atoms with van der Waals surface area (Å²) in [5.74, 6) is 0. The normalized spacial score (nSPS) is 18.5. The summed E-state index contributed by atoms with van der Waals surface area (Å²) in [6.07, 6.45) is -8.79. The number of hydrogen-bond donors (Lipinski definition) is 1. The number of benzene rings is 2. The molecule has 0 radical (unpaired) electrons. The Balaban J connectivity index is 1.64. The van der Waals surface area contributed by atoms with Gasteiger partial charge in [0.05, 0.1) is 12.7 Å². The van der Waals surface area contributed by atoms with E-state index in [9.17, 15) is 18.0 Å². The molecule has 2 atom stereocenters. The van der Waals surface area contributed by atoms with E-state index in [4.69, 9.17) is 44.3 Å².